The topological polar surface area (TPSA) is 83.9 Å². The van der Waals surface area contributed by atoms with Crippen molar-refractivity contribution in [1.29, 1.82) is 0 Å². The minimum atomic E-state index is -1.03. The van der Waals surface area contributed by atoms with Crippen LogP contribution in [0.2, 0.25) is 0 Å². The molecule has 1 saturated heterocycles. The van der Waals surface area contributed by atoms with Crippen molar-refractivity contribution in [1.82, 2.24) is 24.9 Å². The maximum absolute atomic E-state index is 11.1. The number of fused-ring (bicyclic) bond motifs is 6. The third kappa shape index (κ3) is 5.02. The minimum Gasteiger partial charge on any atom is -0.384 e. The van der Waals surface area contributed by atoms with Gasteiger partial charge in [-0.15, -0.1) is 0 Å². The summed E-state index contributed by atoms with van der Waals surface area (Å²) in [5, 5.41) is 18.5. The van der Waals surface area contributed by atoms with Crippen LogP contribution < -0.4 is 15.2 Å². The van der Waals surface area contributed by atoms with Gasteiger partial charge < -0.3 is 20.2 Å². The molecule has 1 aromatic carbocycles. The summed E-state index contributed by atoms with van der Waals surface area (Å²) in [5.74, 6) is 1.89. The molecule has 208 valence electrons. The molecule has 2 N–H and O–H groups in total. The summed E-state index contributed by atoms with van der Waals surface area (Å²) >= 11 is 0. The van der Waals surface area contributed by atoms with Gasteiger partial charge in [0.1, 0.15) is 5.60 Å². The van der Waals surface area contributed by atoms with Crippen molar-refractivity contribution < 1.29 is 5.11 Å². The zero-order valence-corrected chi connectivity index (χ0v) is 23.6. The Morgan fingerprint density at radius 1 is 1.05 bits per heavy atom. The number of allylic oxidation sites excluding steroid dienone is 1. The van der Waals surface area contributed by atoms with Crippen molar-refractivity contribution >= 4 is 34.7 Å². The van der Waals surface area contributed by atoms with Crippen LogP contribution in [0.5, 0.6) is 0 Å². The second-order valence-corrected chi connectivity index (χ2v) is 11.3. The first-order chi connectivity index (χ1) is 19.3. The van der Waals surface area contributed by atoms with Crippen molar-refractivity contribution in [2.75, 3.05) is 49.0 Å². The zero-order chi connectivity index (χ0) is 27.9. The number of nitrogens with zero attached hydrogens (tertiary/aromatic N) is 7. The Kier molecular flexibility index (Phi) is 6.93. The largest absolute Gasteiger partial charge is 0.384 e. The second kappa shape index (κ2) is 10.6. The molecular formula is C31H38N8O. The van der Waals surface area contributed by atoms with E-state index < -0.39 is 5.60 Å². The number of rotatable bonds is 4. The first-order valence-corrected chi connectivity index (χ1v) is 14.1. The standard InChI is InChI=1S/C31H38N8O/c1-22-26-21-32-30(33-23-11-13-25(14-12-23)37-19-15-24(16-20-37)36(3)4)35-29(26)39-28-10-8-9-27(34-28)31(2,40)17-6-5-7-18-38(22)39/h5,7-14,21,24,40H,1,6,15-20H2,2-4H3,(H,32,33,35)/b7-5-. The number of nitrogens with one attached hydrogen (secondary N) is 1. The number of hydrogen-bond donors (Lipinski definition) is 2. The van der Waals surface area contributed by atoms with E-state index in [-0.39, 0.29) is 0 Å². The lowest BCUT2D eigenvalue weighted by Crippen LogP contribution is -2.41. The van der Waals surface area contributed by atoms with E-state index in [2.05, 4.69) is 82.2 Å². The fourth-order valence-electron chi connectivity index (χ4n) is 5.75. The fraction of sp³-hybridized carbons (Fsp3) is 0.387. The number of hydrazine groups is 1. The van der Waals surface area contributed by atoms with Gasteiger partial charge in [0.05, 0.1) is 23.5 Å². The molecule has 2 bridgehead atoms. The van der Waals surface area contributed by atoms with Crippen LogP contribution in [0.4, 0.5) is 29.0 Å². The number of benzene rings is 1. The SMILES string of the molecule is C=C1c2cnc(Nc3ccc(N4CCC(N(C)C)CC4)cc3)nc2N2c3cccc(n3)C(C)(O)CC/C=C\CN12. The summed E-state index contributed by atoms with van der Waals surface area (Å²) < 4.78 is 0. The molecule has 2 aromatic heterocycles. The van der Waals surface area contributed by atoms with Crippen LogP contribution in [0, 0.1) is 0 Å². The highest BCUT2D eigenvalue weighted by Crippen LogP contribution is 2.42. The first-order valence-electron chi connectivity index (χ1n) is 14.1. The summed E-state index contributed by atoms with van der Waals surface area (Å²) in [7, 11) is 4.34. The van der Waals surface area contributed by atoms with E-state index >= 15 is 0 Å². The number of anilines is 5. The molecule has 40 heavy (non-hydrogen) atoms. The van der Waals surface area contributed by atoms with Gasteiger partial charge in [-0.1, -0.05) is 24.8 Å². The molecule has 0 spiro atoms. The highest BCUT2D eigenvalue weighted by Gasteiger charge is 2.35. The second-order valence-electron chi connectivity index (χ2n) is 11.3. The molecular weight excluding hydrogens is 500 g/mol. The maximum Gasteiger partial charge on any atom is 0.229 e. The van der Waals surface area contributed by atoms with Crippen LogP contribution in [-0.2, 0) is 5.60 Å². The van der Waals surface area contributed by atoms with E-state index in [1.165, 1.54) is 18.5 Å². The maximum atomic E-state index is 11.1. The molecule has 0 amide bonds. The van der Waals surface area contributed by atoms with Crippen LogP contribution in [0.15, 0.2) is 67.4 Å². The van der Waals surface area contributed by atoms with Crippen LogP contribution in [-0.4, -0.2) is 69.7 Å². The predicted molar refractivity (Wildman–Crippen MR) is 161 cm³/mol. The molecule has 1 fully saturated rings. The van der Waals surface area contributed by atoms with Gasteiger partial charge in [-0.2, -0.15) is 4.98 Å². The van der Waals surface area contributed by atoms with Gasteiger partial charge in [-0.3, -0.25) is 5.01 Å². The summed E-state index contributed by atoms with van der Waals surface area (Å²) in [4.78, 5) is 19.2. The molecule has 9 heteroatoms. The van der Waals surface area contributed by atoms with Crippen molar-refractivity contribution in [3.05, 3.63) is 78.6 Å². The average molecular weight is 539 g/mol. The van der Waals surface area contributed by atoms with Crippen molar-refractivity contribution in [3.63, 3.8) is 0 Å². The van der Waals surface area contributed by atoms with Gasteiger partial charge in [-0.25, -0.2) is 15.0 Å². The zero-order valence-electron chi connectivity index (χ0n) is 23.6. The summed E-state index contributed by atoms with van der Waals surface area (Å²) in [6, 6.07) is 14.9. The quantitative estimate of drug-likeness (QED) is 0.444. The predicted octanol–water partition coefficient (Wildman–Crippen LogP) is 5.04. The van der Waals surface area contributed by atoms with Gasteiger partial charge in [0.2, 0.25) is 5.95 Å². The highest BCUT2D eigenvalue weighted by molar-refractivity contribution is 5.83. The van der Waals surface area contributed by atoms with Crippen LogP contribution >= 0.6 is 0 Å². The van der Waals surface area contributed by atoms with E-state index in [9.17, 15) is 5.11 Å². The lowest BCUT2D eigenvalue weighted by molar-refractivity contribution is 0.0444. The smallest absolute Gasteiger partial charge is 0.229 e. The molecule has 1 atom stereocenters. The van der Waals surface area contributed by atoms with E-state index in [1.54, 1.807) is 0 Å². The molecule has 0 saturated carbocycles. The first kappa shape index (κ1) is 26.3. The number of aliphatic hydroxyl groups is 1. The van der Waals surface area contributed by atoms with E-state index in [1.807, 2.05) is 36.3 Å². The Balaban J connectivity index is 1.25. The molecule has 3 aliphatic rings. The Morgan fingerprint density at radius 3 is 2.58 bits per heavy atom. The van der Waals surface area contributed by atoms with Gasteiger partial charge in [0.25, 0.3) is 0 Å². The van der Waals surface area contributed by atoms with Crippen molar-refractivity contribution in [2.45, 2.75) is 44.2 Å². The summed E-state index contributed by atoms with van der Waals surface area (Å²) in [5.41, 5.74) is 3.44. The Bertz CT molecular complexity index is 1410. The molecule has 3 aliphatic heterocycles. The molecule has 9 nitrogen and oxygen atoms in total. The fourth-order valence-corrected chi connectivity index (χ4v) is 5.75. The summed E-state index contributed by atoms with van der Waals surface area (Å²) in [6.45, 7) is 8.91. The van der Waals surface area contributed by atoms with Gasteiger partial charge in [0, 0.05) is 36.7 Å². The number of aromatic nitrogens is 3. The molecule has 6 rings (SSSR count). The molecule has 0 aliphatic carbocycles. The van der Waals surface area contributed by atoms with Gasteiger partial charge in [-0.05, 0) is 83.1 Å². The van der Waals surface area contributed by atoms with Crippen molar-refractivity contribution in [3.8, 4) is 0 Å². The molecule has 3 aromatic rings. The Hall–Kier alpha value is -3.95. The molecule has 5 heterocycles. The van der Waals surface area contributed by atoms with Crippen molar-refractivity contribution in [2.24, 2.45) is 0 Å². The third-order valence-electron chi connectivity index (χ3n) is 8.26. The Labute approximate surface area is 236 Å². The van der Waals surface area contributed by atoms with E-state index in [0.29, 0.717) is 42.3 Å². The molecule has 0 radical (unpaired) electrons. The molecule has 1 unspecified atom stereocenters. The Morgan fingerprint density at radius 2 is 1.82 bits per heavy atom. The minimum absolute atomic E-state index is 0.501. The third-order valence-corrected chi connectivity index (χ3v) is 8.26. The average Bonchev–Trinajstić information content (AvgIpc) is 3.23. The van der Waals surface area contributed by atoms with E-state index in [0.717, 1.165) is 36.5 Å². The van der Waals surface area contributed by atoms with E-state index in [4.69, 9.17) is 9.97 Å². The van der Waals surface area contributed by atoms with Crippen LogP contribution in [0.25, 0.3) is 5.70 Å². The van der Waals surface area contributed by atoms with Crippen LogP contribution in [0.1, 0.15) is 43.9 Å². The highest BCUT2D eigenvalue weighted by atomic mass is 16.3. The number of hydrogen-bond acceptors (Lipinski definition) is 9. The lowest BCUT2D eigenvalue weighted by atomic mass is 9.95. The lowest BCUT2D eigenvalue weighted by Gasteiger charge is -2.36. The monoisotopic (exact) mass is 538 g/mol. The number of pyridine rings is 1. The summed E-state index contributed by atoms with van der Waals surface area (Å²) in [6.07, 6.45) is 9.74. The van der Waals surface area contributed by atoms with Crippen LogP contribution in [0.3, 0.4) is 0 Å². The van der Waals surface area contributed by atoms with Gasteiger partial charge in [0.15, 0.2) is 11.6 Å². The normalized spacial score (nSPS) is 22.1. The van der Waals surface area contributed by atoms with Gasteiger partial charge >= 0.3 is 0 Å². The number of piperidine rings is 1.